The second-order valence-corrected chi connectivity index (χ2v) is 5.62. The summed E-state index contributed by atoms with van der Waals surface area (Å²) in [5.74, 6) is 0.273. The quantitative estimate of drug-likeness (QED) is 0.535. The van der Waals surface area contributed by atoms with Crippen LogP contribution in [0.5, 0.6) is 0 Å². The number of halogens is 2. The number of pyridine rings is 1. The molecule has 1 rings (SSSR count). The maximum Gasteiger partial charge on any atom is 0.283 e. The summed E-state index contributed by atoms with van der Waals surface area (Å²) >= 11 is 0. The molecule has 0 bridgehead atoms. The molecule has 1 aromatic rings. The Balaban J connectivity index is 0.00000484. The van der Waals surface area contributed by atoms with Gasteiger partial charge in [0, 0.05) is 6.54 Å². The van der Waals surface area contributed by atoms with Gasteiger partial charge in [0.2, 0.25) is 0 Å². The predicted octanol–water partition coefficient (Wildman–Crippen LogP) is 0.297. The highest BCUT2D eigenvalue weighted by atomic mass is 35.5. The van der Waals surface area contributed by atoms with E-state index in [9.17, 15) is 9.18 Å². The van der Waals surface area contributed by atoms with E-state index in [1.165, 1.54) is 25.7 Å². The number of hydrogen-bond donors (Lipinski definition) is 2. The van der Waals surface area contributed by atoms with E-state index >= 15 is 0 Å². The first-order chi connectivity index (χ1) is 10.8. The van der Waals surface area contributed by atoms with Gasteiger partial charge in [-0.1, -0.05) is 44.9 Å². The predicted molar refractivity (Wildman–Crippen MR) is 87.3 cm³/mol. The number of aromatic nitrogens is 1. The fourth-order valence-electron chi connectivity index (χ4n) is 2.40. The number of nitrogen functional groups attached to an aromatic ring is 1. The minimum Gasteiger partial charge on any atom is -1.00 e. The van der Waals surface area contributed by atoms with Crippen molar-refractivity contribution in [3.8, 4) is 0 Å². The largest absolute Gasteiger partial charge is 1.00 e. The van der Waals surface area contributed by atoms with Gasteiger partial charge in [0.1, 0.15) is 5.56 Å². The van der Waals surface area contributed by atoms with Crippen molar-refractivity contribution in [3.63, 3.8) is 0 Å². The van der Waals surface area contributed by atoms with E-state index < -0.39 is 0 Å². The van der Waals surface area contributed by atoms with E-state index in [1.54, 1.807) is 18.3 Å². The zero-order chi connectivity index (χ0) is 16.0. The Labute approximate surface area is 144 Å². The summed E-state index contributed by atoms with van der Waals surface area (Å²) in [7, 11) is 0. The minimum absolute atomic E-state index is 0. The zero-order valence-corrected chi connectivity index (χ0v) is 14.5. The minimum atomic E-state index is -0.182. The number of H-pyrrole nitrogens is 1. The third-order valence-electron chi connectivity index (χ3n) is 3.73. The molecule has 0 spiro atoms. The Morgan fingerprint density at radius 2 is 1.61 bits per heavy atom. The van der Waals surface area contributed by atoms with E-state index in [2.05, 4.69) is 10.3 Å². The third-order valence-corrected chi connectivity index (χ3v) is 3.73. The maximum absolute atomic E-state index is 11.9. The van der Waals surface area contributed by atoms with E-state index in [0.717, 1.165) is 25.7 Å². The first-order valence-corrected chi connectivity index (χ1v) is 8.36. The number of anilines is 1. The van der Waals surface area contributed by atoms with Crippen LogP contribution in [0.1, 0.15) is 68.1 Å². The lowest BCUT2D eigenvalue weighted by Crippen LogP contribution is -3.00. The monoisotopic (exact) mass is 345 g/mol. The molecule has 0 aliphatic heterocycles. The number of nitrogens with one attached hydrogen (secondary N) is 2. The summed E-state index contributed by atoms with van der Waals surface area (Å²) in [5.41, 5.74) is 6.21. The van der Waals surface area contributed by atoms with Crippen LogP contribution in [0.4, 0.5) is 10.2 Å². The summed E-state index contributed by atoms with van der Waals surface area (Å²) in [6.07, 6.45) is 11.6. The van der Waals surface area contributed by atoms with Gasteiger partial charge in [-0.15, -0.1) is 0 Å². The van der Waals surface area contributed by atoms with Crippen molar-refractivity contribution in [2.75, 3.05) is 19.0 Å². The molecule has 0 fully saturated rings. The number of alkyl halides is 1. The van der Waals surface area contributed by atoms with Gasteiger partial charge < -0.3 is 17.7 Å². The van der Waals surface area contributed by atoms with Gasteiger partial charge in [0.15, 0.2) is 0 Å². The number of carbonyl (C=O) groups is 1. The van der Waals surface area contributed by atoms with Crippen LogP contribution in [-0.4, -0.2) is 19.1 Å². The first kappa shape index (κ1) is 21.6. The standard InChI is InChI=1S/C17H28FN3O.ClH/c18-12-8-6-4-2-1-3-5-7-9-13-21-17(22)15-11-10-14-20-16(15)19;/h10-11,14H,1-9,12-13H2,(H2,19,20)(H,21,22);1H. The first-order valence-electron chi connectivity index (χ1n) is 8.36. The van der Waals surface area contributed by atoms with Gasteiger partial charge in [-0.05, 0) is 25.0 Å². The number of amides is 1. The van der Waals surface area contributed by atoms with Crippen LogP contribution in [0.15, 0.2) is 18.3 Å². The van der Waals surface area contributed by atoms with Gasteiger partial charge in [-0.25, -0.2) is 4.98 Å². The highest BCUT2D eigenvalue weighted by molar-refractivity contribution is 5.97. The number of rotatable bonds is 12. The molecule has 0 aromatic carbocycles. The van der Waals surface area contributed by atoms with Crippen molar-refractivity contribution >= 4 is 11.7 Å². The Morgan fingerprint density at radius 1 is 1.04 bits per heavy atom. The molecule has 23 heavy (non-hydrogen) atoms. The number of unbranched alkanes of at least 4 members (excludes halogenated alkanes) is 8. The molecule has 0 atom stereocenters. The van der Waals surface area contributed by atoms with Crippen LogP contribution < -0.4 is 28.4 Å². The van der Waals surface area contributed by atoms with Gasteiger partial charge in [-0.3, -0.25) is 14.9 Å². The molecule has 0 aliphatic rings. The fourth-order valence-corrected chi connectivity index (χ4v) is 2.40. The maximum atomic E-state index is 11.9. The molecule has 132 valence electrons. The molecule has 1 amide bonds. The lowest BCUT2D eigenvalue weighted by atomic mass is 10.1. The van der Waals surface area contributed by atoms with Gasteiger partial charge in [0.05, 0.1) is 12.9 Å². The molecule has 0 unspecified atom stereocenters. The van der Waals surface area contributed by atoms with Crippen molar-refractivity contribution in [1.82, 2.24) is 5.32 Å². The highest BCUT2D eigenvalue weighted by Crippen LogP contribution is 2.09. The highest BCUT2D eigenvalue weighted by Gasteiger charge is 2.12. The second kappa shape index (κ2) is 14.2. The summed E-state index contributed by atoms with van der Waals surface area (Å²) in [5, 5.41) is 2.89. The summed E-state index contributed by atoms with van der Waals surface area (Å²) in [4.78, 5) is 14.7. The lowest BCUT2D eigenvalue weighted by molar-refractivity contribution is -0.360. The number of carbonyl (C=O) groups excluding carboxylic acids is 1. The molecule has 0 saturated heterocycles. The lowest BCUT2D eigenvalue weighted by Gasteiger charge is -2.05. The van der Waals surface area contributed by atoms with Crippen LogP contribution in [0, 0.1) is 0 Å². The van der Waals surface area contributed by atoms with E-state index in [1.807, 2.05) is 0 Å². The SMILES string of the molecule is Nc1[nH+]cccc1C(=O)NCCCCCCCCCCCF.[Cl-]. The van der Waals surface area contributed by atoms with Gasteiger partial charge >= 0.3 is 0 Å². The third kappa shape index (κ3) is 10.1. The van der Waals surface area contributed by atoms with Crippen molar-refractivity contribution in [2.45, 2.75) is 57.8 Å². The van der Waals surface area contributed by atoms with Crippen LogP contribution in [0.25, 0.3) is 0 Å². The Hall–Kier alpha value is -1.36. The van der Waals surface area contributed by atoms with Crippen molar-refractivity contribution in [3.05, 3.63) is 23.9 Å². The normalized spacial score (nSPS) is 10.1. The molecule has 4 nitrogen and oxygen atoms in total. The van der Waals surface area contributed by atoms with Crippen LogP contribution in [-0.2, 0) is 0 Å². The molecule has 6 heteroatoms. The number of hydrogen-bond acceptors (Lipinski definition) is 2. The van der Waals surface area contributed by atoms with Crippen LogP contribution in [0.3, 0.4) is 0 Å². The smallest absolute Gasteiger partial charge is 0.283 e. The molecule has 0 saturated carbocycles. The molecule has 1 heterocycles. The molecule has 4 N–H and O–H groups in total. The molecule has 0 aliphatic carbocycles. The van der Waals surface area contributed by atoms with Crippen LogP contribution >= 0.6 is 0 Å². The summed E-state index contributed by atoms with van der Waals surface area (Å²) in [6.45, 7) is 0.502. The molecule has 0 radical (unpaired) electrons. The van der Waals surface area contributed by atoms with Gasteiger partial charge in [-0.2, -0.15) is 0 Å². The van der Waals surface area contributed by atoms with Gasteiger partial charge in [0.25, 0.3) is 11.7 Å². The van der Waals surface area contributed by atoms with E-state index in [4.69, 9.17) is 5.73 Å². The topological polar surface area (TPSA) is 69.3 Å². The number of nitrogens with two attached hydrogens (primary N) is 1. The van der Waals surface area contributed by atoms with Crippen molar-refractivity contribution in [2.24, 2.45) is 0 Å². The Morgan fingerprint density at radius 3 is 2.17 bits per heavy atom. The Kier molecular flexibility index (Phi) is 13.4. The summed E-state index contributed by atoms with van der Waals surface area (Å²) in [6, 6.07) is 3.48. The van der Waals surface area contributed by atoms with Crippen LogP contribution in [0.2, 0.25) is 0 Å². The zero-order valence-electron chi connectivity index (χ0n) is 13.8. The Bertz CT molecular complexity index is 432. The summed E-state index contributed by atoms with van der Waals surface area (Å²) < 4.78 is 11.9. The van der Waals surface area contributed by atoms with Crippen molar-refractivity contribution < 1.29 is 26.6 Å². The average Bonchev–Trinajstić information content (AvgIpc) is 2.53. The fraction of sp³-hybridized carbons (Fsp3) is 0.647. The number of aromatic amines is 1. The van der Waals surface area contributed by atoms with Crippen molar-refractivity contribution in [1.29, 1.82) is 0 Å². The second-order valence-electron chi connectivity index (χ2n) is 5.62. The average molecular weight is 346 g/mol. The van der Waals surface area contributed by atoms with E-state index in [-0.39, 0.29) is 25.0 Å². The molecular formula is C17H29ClFN3O. The molecular weight excluding hydrogens is 317 g/mol. The molecule has 1 aromatic heterocycles. The van der Waals surface area contributed by atoms with E-state index in [0.29, 0.717) is 24.3 Å².